The Hall–Kier alpha value is -3.31. The molecule has 2 fully saturated rings. The minimum absolute atomic E-state index is 0.0713. The van der Waals surface area contributed by atoms with Crippen molar-refractivity contribution in [2.24, 2.45) is 0 Å². The molecule has 2 saturated heterocycles. The van der Waals surface area contributed by atoms with Crippen molar-refractivity contribution in [3.8, 4) is 0 Å². The van der Waals surface area contributed by atoms with Crippen molar-refractivity contribution in [2.45, 2.75) is 29.8 Å². The molecule has 0 spiro atoms. The molecule has 0 aliphatic carbocycles. The molecular weight excluding hydrogens is 463 g/mol. The summed E-state index contributed by atoms with van der Waals surface area (Å²) in [7, 11) is -4.17. The van der Waals surface area contributed by atoms with E-state index in [0.717, 1.165) is 28.6 Å². The van der Waals surface area contributed by atoms with Gasteiger partial charge >= 0.3 is 0 Å². The van der Waals surface area contributed by atoms with Gasteiger partial charge in [0.05, 0.1) is 4.90 Å². The van der Waals surface area contributed by atoms with E-state index in [1.165, 1.54) is 4.90 Å². The van der Waals surface area contributed by atoms with Crippen molar-refractivity contribution in [1.82, 2.24) is 19.8 Å². The summed E-state index contributed by atoms with van der Waals surface area (Å²) in [6, 6.07) is 10.8. The summed E-state index contributed by atoms with van der Waals surface area (Å²) in [5, 5.41) is 5.32. The average molecular weight is 489 g/mol. The second-order valence-corrected chi connectivity index (χ2v) is 10.1. The molecule has 2 aromatic carbocycles. The highest BCUT2D eigenvalue weighted by Crippen LogP contribution is 2.23. The molecule has 0 aromatic heterocycles. The van der Waals surface area contributed by atoms with Gasteiger partial charge < -0.3 is 15.5 Å². The molecule has 2 aliphatic heterocycles. The number of rotatable bonds is 5. The molecule has 180 valence electrons. The number of piperidine rings is 1. The van der Waals surface area contributed by atoms with Crippen LogP contribution < -0.4 is 10.6 Å². The lowest BCUT2D eigenvalue weighted by Gasteiger charge is -2.40. The Morgan fingerprint density at radius 1 is 1.03 bits per heavy atom. The maximum Gasteiger partial charge on any atom is 0.253 e. The van der Waals surface area contributed by atoms with Crippen LogP contribution in [-0.4, -0.2) is 73.6 Å². The van der Waals surface area contributed by atoms with Crippen LogP contribution in [0.1, 0.15) is 23.2 Å². The van der Waals surface area contributed by atoms with Crippen LogP contribution in [0.15, 0.2) is 59.5 Å². The van der Waals surface area contributed by atoms with Crippen LogP contribution in [0.5, 0.6) is 0 Å². The van der Waals surface area contributed by atoms with Gasteiger partial charge in [0, 0.05) is 31.7 Å². The number of carbonyl (C=O) groups is 3. The molecule has 3 amide bonds. The Morgan fingerprint density at radius 2 is 1.74 bits per heavy atom. The Labute approximate surface area is 197 Å². The molecule has 2 aliphatic rings. The van der Waals surface area contributed by atoms with Crippen LogP contribution in [-0.2, 0) is 19.6 Å². The number of amides is 3. The van der Waals surface area contributed by atoms with Crippen LogP contribution in [0, 0.1) is 5.82 Å². The van der Waals surface area contributed by atoms with E-state index < -0.39 is 33.8 Å². The number of halogens is 1. The SMILES string of the molecule is O=C1NCCC[C@@H]1NC(=O)[C@H]1CN(C(=O)c2ccccc2)CCN1S(=O)(=O)c1ccc(F)cc1. The molecule has 11 heteroatoms. The molecule has 2 N–H and O–H groups in total. The van der Waals surface area contributed by atoms with Crippen LogP contribution in [0.25, 0.3) is 0 Å². The van der Waals surface area contributed by atoms with Crippen molar-refractivity contribution in [3.05, 3.63) is 66.0 Å². The third-order valence-corrected chi connectivity index (χ3v) is 7.89. The molecule has 2 heterocycles. The van der Waals surface area contributed by atoms with Gasteiger partial charge in [-0.05, 0) is 49.2 Å². The van der Waals surface area contributed by atoms with Gasteiger partial charge in [0.15, 0.2) is 0 Å². The van der Waals surface area contributed by atoms with Crippen molar-refractivity contribution in [3.63, 3.8) is 0 Å². The number of nitrogens with one attached hydrogen (secondary N) is 2. The van der Waals surface area contributed by atoms with E-state index in [4.69, 9.17) is 0 Å². The van der Waals surface area contributed by atoms with Gasteiger partial charge in [0.1, 0.15) is 17.9 Å². The molecule has 0 radical (unpaired) electrons. The predicted molar refractivity (Wildman–Crippen MR) is 121 cm³/mol. The number of benzene rings is 2. The van der Waals surface area contributed by atoms with E-state index in [0.29, 0.717) is 24.9 Å². The zero-order valence-corrected chi connectivity index (χ0v) is 19.1. The first-order valence-corrected chi connectivity index (χ1v) is 12.4. The molecule has 2 atom stereocenters. The first-order valence-electron chi connectivity index (χ1n) is 11.0. The van der Waals surface area contributed by atoms with E-state index >= 15 is 0 Å². The fraction of sp³-hybridized carbons (Fsp3) is 0.348. The second kappa shape index (κ2) is 9.90. The third-order valence-electron chi connectivity index (χ3n) is 5.96. The van der Waals surface area contributed by atoms with Gasteiger partial charge in [-0.3, -0.25) is 14.4 Å². The van der Waals surface area contributed by atoms with Gasteiger partial charge in [-0.15, -0.1) is 0 Å². The standard InChI is InChI=1S/C23H25FN4O5S/c24-17-8-10-18(11-9-17)34(32,33)28-14-13-27(23(31)16-5-2-1-3-6-16)15-20(28)22(30)26-19-7-4-12-25-21(19)29/h1-3,5-6,8-11,19-20H,4,7,12-15H2,(H,25,29)(H,26,30)/t19-,20+/m0/s1. The second-order valence-electron chi connectivity index (χ2n) is 8.20. The molecule has 0 unspecified atom stereocenters. The minimum Gasteiger partial charge on any atom is -0.354 e. The minimum atomic E-state index is -4.17. The topological polar surface area (TPSA) is 116 Å². The van der Waals surface area contributed by atoms with Crippen molar-refractivity contribution in [2.75, 3.05) is 26.2 Å². The summed E-state index contributed by atoms with van der Waals surface area (Å²) in [4.78, 5) is 39.7. The lowest BCUT2D eigenvalue weighted by molar-refractivity contribution is -0.132. The summed E-state index contributed by atoms with van der Waals surface area (Å²) in [6.07, 6.45) is 1.11. The lowest BCUT2D eigenvalue weighted by atomic mass is 10.1. The van der Waals surface area contributed by atoms with Crippen molar-refractivity contribution in [1.29, 1.82) is 0 Å². The normalized spacial score (nSPS) is 21.6. The fourth-order valence-electron chi connectivity index (χ4n) is 4.14. The number of sulfonamides is 1. The molecule has 34 heavy (non-hydrogen) atoms. The highest BCUT2D eigenvalue weighted by atomic mass is 32.2. The molecule has 2 aromatic rings. The van der Waals surface area contributed by atoms with E-state index in [9.17, 15) is 27.2 Å². The van der Waals surface area contributed by atoms with E-state index in [-0.39, 0.29) is 36.3 Å². The van der Waals surface area contributed by atoms with Crippen molar-refractivity contribution < 1.29 is 27.2 Å². The zero-order valence-electron chi connectivity index (χ0n) is 18.3. The van der Waals surface area contributed by atoms with Crippen molar-refractivity contribution >= 4 is 27.7 Å². The number of hydrogen-bond donors (Lipinski definition) is 2. The Balaban J connectivity index is 1.62. The maximum atomic E-state index is 13.4. The summed E-state index contributed by atoms with van der Waals surface area (Å²) in [5.74, 6) is -1.92. The van der Waals surface area contributed by atoms with E-state index in [1.807, 2.05) is 0 Å². The summed E-state index contributed by atoms with van der Waals surface area (Å²) in [6.45, 7) is 0.266. The van der Waals surface area contributed by atoms with Crippen LogP contribution in [0.3, 0.4) is 0 Å². The smallest absolute Gasteiger partial charge is 0.253 e. The van der Waals surface area contributed by atoms with E-state index in [1.54, 1.807) is 30.3 Å². The highest BCUT2D eigenvalue weighted by molar-refractivity contribution is 7.89. The Bertz CT molecular complexity index is 1170. The number of nitrogens with zero attached hydrogens (tertiary/aromatic N) is 2. The van der Waals surface area contributed by atoms with Gasteiger partial charge in [0.2, 0.25) is 21.8 Å². The Morgan fingerprint density at radius 3 is 2.41 bits per heavy atom. The van der Waals surface area contributed by atoms with Gasteiger partial charge in [-0.2, -0.15) is 4.31 Å². The quantitative estimate of drug-likeness (QED) is 0.644. The molecular formula is C23H25FN4O5S. The largest absolute Gasteiger partial charge is 0.354 e. The number of piperazine rings is 1. The van der Waals surface area contributed by atoms with E-state index in [2.05, 4.69) is 10.6 Å². The first kappa shape index (κ1) is 23.8. The van der Waals surface area contributed by atoms with Crippen LogP contribution in [0.4, 0.5) is 4.39 Å². The molecule has 9 nitrogen and oxygen atoms in total. The first-order chi connectivity index (χ1) is 16.3. The summed E-state index contributed by atoms with van der Waals surface area (Å²) in [5.41, 5.74) is 0.420. The summed E-state index contributed by atoms with van der Waals surface area (Å²) >= 11 is 0. The highest BCUT2D eigenvalue weighted by Gasteiger charge is 2.42. The van der Waals surface area contributed by atoms with Crippen LogP contribution >= 0.6 is 0 Å². The molecule has 0 bridgehead atoms. The zero-order chi connectivity index (χ0) is 24.3. The van der Waals surface area contributed by atoms with Gasteiger partial charge in [-0.1, -0.05) is 18.2 Å². The molecule has 0 saturated carbocycles. The number of hydrogen-bond acceptors (Lipinski definition) is 5. The fourth-order valence-corrected chi connectivity index (χ4v) is 5.71. The average Bonchev–Trinajstić information content (AvgIpc) is 2.85. The van der Waals surface area contributed by atoms with Crippen LogP contribution in [0.2, 0.25) is 0 Å². The van der Waals surface area contributed by atoms with Gasteiger partial charge in [0.25, 0.3) is 5.91 Å². The monoisotopic (exact) mass is 488 g/mol. The van der Waals surface area contributed by atoms with Gasteiger partial charge in [-0.25, -0.2) is 12.8 Å². The lowest BCUT2D eigenvalue weighted by Crippen LogP contribution is -2.63. The Kier molecular flexibility index (Phi) is 6.94. The third kappa shape index (κ3) is 4.95. The summed E-state index contributed by atoms with van der Waals surface area (Å²) < 4.78 is 41.1. The predicted octanol–water partition coefficient (Wildman–Crippen LogP) is 0.736. The number of carbonyl (C=O) groups excluding carboxylic acids is 3. The maximum absolute atomic E-state index is 13.4. The molecule has 4 rings (SSSR count).